The van der Waals surface area contributed by atoms with Gasteiger partial charge in [0.2, 0.25) is 11.8 Å². The second kappa shape index (κ2) is 21.7. The standard InChI is InChI=1S/C40H60N6O8/c1-6-26(4)34(39(50)42-24-32-43-28-15-10-11-16-29(28)44-32)46-38(49)33(25(2)3)37(48)36(47)30(23-27-13-8-7-9-14-27)45-40(51)35-31(17-12-18-41-35)54-22-21-53-20-19-52-5/h10-12,15-18,25-27,30,33-34,36-37,47-48H,6-9,13-14,19-24H2,1-5H3,(H,42,50)(H,43,44)(H,45,51)(H,46,49)/t26?,30-,33+,34?,36+,37+/m0/s1. The number of carbonyl (C=O) groups excluding carboxylic acids is 3. The van der Waals surface area contributed by atoms with Crippen LogP contribution in [0.3, 0.4) is 0 Å². The molecule has 1 saturated carbocycles. The van der Waals surface area contributed by atoms with E-state index in [1.54, 1.807) is 33.1 Å². The largest absolute Gasteiger partial charge is 0.489 e. The number of ether oxygens (including phenoxy) is 3. The van der Waals surface area contributed by atoms with Crippen LogP contribution in [0.25, 0.3) is 11.0 Å². The number of aromatic amines is 1. The third-order valence-electron chi connectivity index (χ3n) is 10.3. The molecule has 4 rings (SSSR count). The van der Waals surface area contributed by atoms with Gasteiger partial charge >= 0.3 is 0 Å². The number of nitrogens with zero attached hydrogens (tertiary/aromatic N) is 2. The molecule has 2 heterocycles. The monoisotopic (exact) mass is 752 g/mol. The van der Waals surface area contributed by atoms with Crippen molar-refractivity contribution in [3.05, 3.63) is 54.1 Å². The lowest BCUT2D eigenvalue weighted by molar-refractivity contribution is -0.140. The van der Waals surface area contributed by atoms with Gasteiger partial charge in [0.25, 0.3) is 5.91 Å². The van der Waals surface area contributed by atoms with Crippen molar-refractivity contribution < 1.29 is 38.8 Å². The van der Waals surface area contributed by atoms with Crippen molar-refractivity contribution in [3.63, 3.8) is 0 Å². The minimum Gasteiger partial charge on any atom is -0.489 e. The molecule has 2 unspecified atom stereocenters. The number of rotatable bonds is 22. The predicted octanol–water partition coefficient (Wildman–Crippen LogP) is 3.91. The van der Waals surface area contributed by atoms with Crippen LogP contribution in [0.15, 0.2) is 42.6 Å². The lowest BCUT2D eigenvalue weighted by Crippen LogP contribution is -2.57. The van der Waals surface area contributed by atoms with E-state index in [9.17, 15) is 24.6 Å². The van der Waals surface area contributed by atoms with Crippen LogP contribution in [0.2, 0.25) is 0 Å². The van der Waals surface area contributed by atoms with Crippen LogP contribution in [0.5, 0.6) is 5.75 Å². The Morgan fingerprint density at radius 1 is 0.926 bits per heavy atom. The third-order valence-corrected chi connectivity index (χ3v) is 10.3. The number of benzene rings is 1. The van der Waals surface area contributed by atoms with E-state index in [1.165, 1.54) is 6.20 Å². The zero-order valence-electron chi connectivity index (χ0n) is 32.4. The Bertz CT molecular complexity index is 1580. The van der Waals surface area contributed by atoms with Crippen LogP contribution in [0, 0.1) is 23.7 Å². The lowest BCUT2D eigenvalue weighted by atomic mass is 9.79. The number of carbonyl (C=O) groups is 3. The molecule has 3 aromatic rings. The Labute approximate surface area is 318 Å². The minimum atomic E-state index is -1.56. The van der Waals surface area contributed by atoms with Gasteiger partial charge in [0.05, 0.1) is 55.5 Å². The van der Waals surface area contributed by atoms with Crippen molar-refractivity contribution in [1.82, 2.24) is 30.9 Å². The molecule has 0 radical (unpaired) electrons. The first-order valence-electron chi connectivity index (χ1n) is 19.4. The molecule has 1 aliphatic carbocycles. The molecule has 2 aromatic heterocycles. The van der Waals surface area contributed by atoms with E-state index in [-0.39, 0.29) is 48.9 Å². The maximum absolute atomic E-state index is 14.0. The minimum absolute atomic E-state index is 0.0351. The molecule has 1 aliphatic rings. The summed E-state index contributed by atoms with van der Waals surface area (Å²) in [7, 11) is 1.59. The van der Waals surface area contributed by atoms with Crippen LogP contribution in [-0.4, -0.2) is 101 Å². The summed E-state index contributed by atoms with van der Waals surface area (Å²) < 4.78 is 16.3. The average molecular weight is 753 g/mol. The second-order valence-electron chi connectivity index (χ2n) is 14.7. The second-order valence-corrected chi connectivity index (χ2v) is 14.7. The lowest BCUT2D eigenvalue weighted by Gasteiger charge is -2.36. The van der Waals surface area contributed by atoms with Crippen molar-refractivity contribution in [3.8, 4) is 5.75 Å². The van der Waals surface area contributed by atoms with Gasteiger partial charge in [0, 0.05) is 13.3 Å². The topological polar surface area (TPSA) is 197 Å². The van der Waals surface area contributed by atoms with E-state index in [0.29, 0.717) is 31.9 Å². The summed E-state index contributed by atoms with van der Waals surface area (Å²) >= 11 is 0. The number of imidazole rings is 1. The summed E-state index contributed by atoms with van der Waals surface area (Å²) in [6.07, 6.45) is 4.52. The summed E-state index contributed by atoms with van der Waals surface area (Å²) in [6, 6.07) is 9.07. The highest BCUT2D eigenvalue weighted by Gasteiger charge is 2.41. The number of fused-ring (bicyclic) bond motifs is 1. The molecule has 14 nitrogen and oxygen atoms in total. The summed E-state index contributed by atoms with van der Waals surface area (Å²) in [5.41, 5.74) is 1.67. The van der Waals surface area contributed by atoms with E-state index >= 15 is 0 Å². The first-order chi connectivity index (χ1) is 26.0. The summed E-state index contributed by atoms with van der Waals surface area (Å²) in [5, 5.41) is 32.4. The van der Waals surface area contributed by atoms with Gasteiger partial charge in [-0.25, -0.2) is 9.97 Å². The maximum atomic E-state index is 14.0. The quantitative estimate of drug-likeness (QED) is 0.0819. The fraction of sp³-hybridized carbons (Fsp3) is 0.625. The van der Waals surface area contributed by atoms with Gasteiger partial charge in [0.1, 0.15) is 24.6 Å². The molecule has 6 N–H and O–H groups in total. The zero-order chi connectivity index (χ0) is 39.0. The van der Waals surface area contributed by atoms with Crippen LogP contribution in [-0.2, 0) is 25.6 Å². The molecule has 0 aliphatic heterocycles. The van der Waals surface area contributed by atoms with Crippen LogP contribution < -0.4 is 20.7 Å². The Morgan fingerprint density at radius 2 is 1.67 bits per heavy atom. The normalized spacial score (nSPS) is 17.0. The molecule has 54 heavy (non-hydrogen) atoms. The number of hydrogen-bond acceptors (Lipinski definition) is 10. The molecule has 0 saturated heterocycles. The Hall–Kier alpha value is -4.11. The van der Waals surface area contributed by atoms with Crippen LogP contribution >= 0.6 is 0 Å². The van der Waals surface area contributed by atoms with Crippen molar-refractivity contribution in [2.45, 2.75) is 103 Å². The van der Waals surface area contributed by atoms with Gasteiger partial charge in [-0.05, 0) is 48.4 Å². The van der Waals surface area contributed by atoms with E-state index < -0.39 is 47.9 Å². The molecular weight excluding hydrogens is 692 g/mol. The Balaban J connectivity index is 1.47. The molecule has 0 spiro atoms. The fourth-order valence-electron chi connectivity index (χ4n) is 7.06. The molecule has 0 bridgehead atoms. The number of hydrogen-bond donors (Lipinski definition) is 6. The van der Waals surface area contributed by atoms with E-state index in [4.69, 9.17) is 14.2 Å². The zero-order valence-corrected chi connectivity index (χ0v) is 32.4. The first-order valence-corrected chi connectivity index (χ1v) is 19.4. The van der Waals surface area contributed by atoms with Crippen molar-refractivity contribution in [2.75, 3.05) is 33.5 Å². The van der Waals surface area contributed by atoms with Gasteiger partial charge in [-0.1, -0.05) is 78.4 Å². The number of nitrogens with one attached hydrogen (secondary N) is 4. The first kappa shape index (κ1) is 42.6. The Kier molecular flexibility index (Phi) is 17.1. The predicted molar refractivity (Wildman–Crippen MR) is 205 cm³/mol. The van der Waals surface area contributed by atoms with E-state index in [1.807, 2.05) is 38.1 Å². The number of pyridine rings is 1. The molecule has 14 heteroatoms. The molecule has 6 atom stereocenters. The maximum Gasteiger partial charge on any atom is 0.274 e. The Morgan fingerprint density at radius 3 is 2.37 bits per heavy atom. The molecular formula is C40H60N6O8. The smallest absolute Gasteiger partial charge is 0.274 e. The molecule has 1 aromatic carbocycles. The number of para-hydroxylation sites is 2. The van der Waals surface area contributed by atoms with Gasteiger partial charge in [-0.2, -0.15) is 0 Å². The van der Waals surface area contributed by atoms with Gasteiger partial charge in [0.15, 0.2) is 11.4 Å². The summed E-state index contributed by atoms with van der Waals surface area (Å²) in [6.45, 7) is 8.85. The third kappa shape index (κ3) is 12.2. The number of aliphatic hydroxyl groups excluding tert-OH is 2. The summed E-state index contributed by atoms with van der Waals surface area (Å²) in [4.78, 5) is 53.3. The van der Waals surface area contributed by atoms with Crippen molar-refractivity contribution in [1.29, 1.82) is 0 Å². The van der Waals surface area contributed by atoms with E-state index in [0.717, 1.165) is 43.1 Å². The van der Waals surface area contributed by atoms with E-state index in [2.05, 4.69) is 30.9 Å². The van der Waals surface area contributed by atoms with Crippen molar-refractivity contribution >= 4 is 28.8 Å². The van der Waals surface area contributed by atoms with Crippen LogP contribution in [0.1, 0.15) is 89.0 Å². The number of methoxy groups -OCH3 is 1. The van der Waals surface area contributed by atoms with Crippen molar-refractivity contribution in [2.24, 2.45) is 23.7 Å². The highest BCUT2D eigenvalue weighted by molar-refractivity contribution is 5.95. The SMILES string of the molecule is CCC(C)C(NC(=O)[C@H](C(C)C)[C@@H](O)[C@H](O)[C@H](CC1CCCCC1)NC(=O)c1ncccc1OCCOCCOC)C(=O)NCc1nc2ccccc2[nH]1. The highest BCUT2D eigenvalue weighted by Crippen LogP contribution is 2.30. The molecule has 3 amide bonds. The van der Waals surface area contributed by atoms with Gasteiger partial charge < -0.3 is 45.4 Å². The van der Waals surface area contributed by atoms with Crippen LogP contribution in [0.4, 0.5) is 0 Å². The molecule has 298 valence electrons. The average Bonchev–Trinajstić information content (AvgIpc) is 3.60. The number of aromatic nitrogens is 3. The van der Waals surface area contributed by atoms with Gasteiger partial charge in [-0.3, -0.25) is 14.4 Å². The summed E-state index contributed by atoms with van der Waals surface area (Å²) in [5.74, 6) is -2.20. The fourth-order valence-corrected chi connectivity index (χ4v) is 7.06. The number of H-pyrrole nitrogens is 1. The molecule has 1 fully saturated rings. The number of amides is 3. The number of aliphatic hydroxyl groups is 2. The van der Waals surface area contributed by atoms with Gasteiger partial charge in [-0.15, -0.1) is 0 Å². The highest BCUT2D eigenvalue weighted by atomic mass is 16.5.